The van der Waals surface area contributed by atoms with E-state index in [0.29, 0.717) is 13.0 Å². The molecule has 6 heteroatoms. The lowest BCUT2D eigenvalue weighted by Crippen LogP contribution is -2.31. The van der Waals surface area contributed by atoms with E-state index in [2.05, 4.69) is 6.92 Å². The van der Waals surface area contributed by atoms with Crippen LogP contribution in [0.25, 0.3) is 0 Å². The Morgan fingerprint density at radius 1 is 1.17 bits per heavy atom. The van der Waals surface area contributed by atoms with Crippen molar-refractivity contribution in [3.05, 3.63) is 60.2 Å². The van der Waals surface area contributed by atoms with Gasteiger partial charge in [0.05, 0.1) is 17.9 Å². The smallest absolute Gasteiger partial charge is 0.307 e. The molecule has 1 fully saturated rings. The minimum absolute atomic E-state index is 0.220. The summed E-state index contributed by atoms with van der Waals surface area (Å²) in [5.74, 6) is 0.194. The summed E-state index contributed by atoms with van der Waals surface area (Å²) in [6.45, 7) is 3.49. The SMILES string of the molecule is CCCN(C=O)Cc1ccc(Oc2ccccc2)cc1.N#CC1CCC1C(=O)O. The number of amides is 1. The maximum atomic E-state index is 10.9. The fourth-order valence-corrected chi connectivity index (χ4v) is 2.93. The van der Waals surface area contributed by atoms with Gasteiger partial charge in [-0.3, -0.25) is 9.59 Å². The first-order valence-corrected chi connectivity index (χ1v) is 9.71. The molecule has 0 saturated heterocycles. The molecule has 0 heterocycles. The zero-order valence-electron chi connectivity index (χ0n) is 16.5. The van der Waals surface area contributed by atoms with Crippen LogP contribution in [0.3, 0.4) is 0 Å². The summed E-state index contributed by atoms with van der Waals surface area (Å²) in [5.41, 5.74) is 1.10. The first-order valence-electron chi connectivity index (χ1n) is 9.71. The third-order valence-corrected chi connectivity index (χ3v) is 4.71. The number of carboxylic acids is 1. The highest BCUT2D eigenvalue weighted by molar-refractivity contribution is 5.71. The molecule has 0 aromatic heterocycles. The van der Waals surface area contributed by atoms with Gasteiger partial charge in [-0.15, -0.1) is 0 Å². The van der Waals surface area contributed by atoms with E-state index in [9.17, 15) is 9.59 Å². The summed E-state index contributed by atoms with van der Waals surface area (Å²) in [6.07, 6.45) is 3.30. The molecule has 1 aliphatic rings. The highest BCUT2D eigenvalue weighted by Crippen LogP contribution is 2.33. The molecule has 1 amide bonds. The van der Waals surface area contributed by atoms with Crippen molar-refractivity contribution < 1.29 is 19.4 Å². The molecule has 2 atom stereocenters. The minimum Gasteiger partial charge on any atom is -0.481 e. The summed E-state index contributed by atoms with van der Waals surface area (Å²) in [7, 11) is 0. The highest BCUT2D eigenvalue weighted by Gasteiger charge is 2.36. The summed E-state index contributed by atoms with van der Waals surface area (Å²) in [4.78, 5) is 22.9. The predicted molar refractivity (Wildman–Crippen MR) is 109 cm³/mol. The van der Waals surface area contributed by atoms with Crippen molar-refractivity contribution in [2.45, 2.75) is 32.7 Å². The Kier molecular flexibility index (Phi) is 8.71. The lowest BCUT2D eigenvalue weighted by atomic mass is 9.75. The third kappa shape index (κ3) is 6.96. The molecule has 6 nitrogen and oxygen atoms in total. The molecule has 0 radical (unpaired) electrons. The fourth-order valence-electron chi connectivity index (χ4n) is 2.93. The maximum absolute atomic E-state index is 10.9. The average molecular weight is 394 g/mol. The fraction of sp³-hybridized carbons (Fsp3) is 0.348. The Morgan fingerprint density at radius 2 is 1.83 bits per heavy atom. The van der Waals surface area contributed by atoms with E-state index in [1.54, 1.807) is 4.90 Å². The van der Waals surface area contributed by atoms with Crippen LogP contribution in [0.5, 0.6) is 11.5 Å². The zero-order chi connectivity index (χ0) is 21.1. The number of nitrogens with zero attached hydrogens (tertiary/aromatic N) is 2. The van der Waals surface area contributed by atoms with E-state index < -0.39 is 5.97 Å². The largest absolute Gasteiger partial charge is 0.481 e. The van der Waals surface area contributed by atoms with Gasteiger partial charge in [0.1, 0.15) is 11.5 Å². The lowest BCUT2D eigenvalue weighted by molar-refractivity contribution is -0.146. The van der Waals surface area contributed by atoms with Gasteiger partial charge in [0.25, 0.3) is 0 Å². The zero-order valence-corrected chi connectivity index (χ0v) is 16.5. The summed E-state index contributed by atoms with van der Waals surface area (Å²) >= 11 is 0. The van der Waals surface area contributed by atoms with Crippen molar-refractivity contribution in [2.24, 2.45) is 11.8 Å². The molecule has 152 valence electrons. The summed E-state index contributed by atoms with van der Waals surface area (Å²) in [6, 6.07) is 19.5. The van der Waals surface area contributed by atoms with Crippen LogP contribution in [0.1, 0.15) is 31.7 Å². The van der Waals surface area contributed by atoms with Gasteiger partial charge < -0.3 is 14.7 Å². The van der Waals surface area contributed by atoms with E-state index >= 15 is 0 Å². The Labute approximate surface area is 171 Å². The van der Waals surface area contributed by atoms with Gasteiger partial charge in [-0.2, -0.15) is 5.26 Å². The number of benzene rings is 2. The van der Waals surface area contributed by atoms with Crippen LogP contribution in [0, 0.1) is 23.2 Å². The monoisotopic (exact) mass is 394 g/mol. The van der Waals surface area contributed by atoms with Gasteiger partial charge >= 0.3 is 5.97 Å². The second kappa shape index (κ2) is 11.5. The van der Waals surface area contributed by atoms with Crippen LogP contribution in [0.2, 0.25) is 0 Å². The first kappa shape index (κ1) is 22.0. The molecule has 3 rings (SSSR count). The summed E-state index contributed by atoms with van der Waals surface area (Å²) < 4.78 is 5.73. The molecule has 1 aliphatic carbocycles. The van der Waals surface area contributed by atoms with Crippen LogP contribution in [0.15, 0.2) is 54.6 Å². The number of hydrogen-bond acceptors (Lipinski definition) is 4. The van der Waals surface area contributed by atoms with E-state index in [-0.39, 0.29) is 11.8 Å². The number of hydrogen-bond donors (Lipinski definition) is 1. The van der Waals surface area contributed by atoms with Crippen LogP contribution >= 0.6 is 0 Å². The molecule has 0 bridgehead atoms. The Balaban J connectivity index is 0.000000278. The normalized spacial score (nSPS) is 17.0. The Hall–Kier alpha value is -3.33. The summed E-state index contributed by atoms with van der Waals surface area (Å²) in [5, 5.41) is 16.7. The van der Waals surface area contributed by atoms with Gasteiger partial charge in [-0.25, -0.2) is 0 Å². The van der Waals surface area contributed by atoms with Crippen LogP contribution in [0.4, 0.5) is 0 Å². The molecule has 1 N–H and O–H groups in total. The number of carbonyl (C=O) groups excluding carboxylic acids is 1. The number of ether oxygens (including phenoxy) is 1. The molecule has 29 heavy (non-hydrogen) atoms. The quantitative estimate of drug-likeness (QED) is 0.667. The van der Waals surface area contributed by atoms with Gasteiger partial charge in [0.2, 0.25) is 6.41 Å². The molecule has 0 aliphatic heterocycles. The molecular weight excluding hydrogens is 368 g/mol. The molecule has 2 aromatic rings. The molecule has 1 saturated carbocycles. The Bertz CT molecular complexity index is 815. The van der Waals surface area contributed by atoms with Gasteiger partial charge in [-0.05, 0) is 49.1 Å². The standard InChI is InChI=1S/C17H19NO2.C6H7NO2/c1-2-12-18(14-19)13-15-8-10-17(11-9-15)20-16-6-4-3-5-7-16;7-3-4-1-2-5(4)6(8)9/h3-11,14H,2,12-13H2,1H3;4-5H,1-2H2,(H,8,9). The van der Waals surface area contributed by atoms with Gasteiger partial charge in [-0.1, -0.05) is 37.3 Å². The third-order valence-electron chi connectivity index (χ3n) is 4.71. The van der Waals surface area contributed by atoms with Crippen molar-refractivity contribution in [1.82, 2.24) is 4.90 Å². The van der Waals surface area contributed by atoms with Crippen LogP contribution < -0.4 is 4.74 Å². The number of para-hydroxylation sites is 1. The van der Waals surface area contributed by atoms with Crippen molar-refractivity contribution >= 4 is 12.4 Å². The van der Waals surface area contributed by atoms with Crippen LogP contribution in [-0.4, -0.2) is 28.9 Å². The van der Waals surface area contributed by atoms with E-state index in [0.717, 1.165) is 42.9 Å². The van der Waals surface area contributed by atoms with E-state index in [1.165, 1.54) is 0 Å². The number of nitriles is 1. The van der Waals surface area contributed by atoms with Crippen LogP contribution in [-0.2, 0) is 16.1 Å². The topological polar surface area (TPSA) is 90.6 Å². The van der Waals surface area contributed by atoms with Crippen molar-refractivity contribution in [1.29, 1.82) is 5.26 Å². The van der Waals surface area contributed by atoms with Gasteiger partial charge in [0, 0.05) is 13.1 Å². The minimum atomic E-state index is -0.826. The van der Waals surface area contributed by atoms with Crippen molar-refractivity contribution in [3.8, 4) is 17.6 Å². The molecule has 2 unspecified atom stereocenters. The highest BCUT2D eigenvalue weighted by atomic mass is 16.5. The predicted octanol–water partition coefficient (Wildman–Crippen LogP) is 4.47. The Morgan fingerprint density at radius 3 is 2.28 bits per heavy atom. The molecule has 2 aromatic carbocycles. The number of carboxylic acid groups (broad SMARTS) is 1. The molecular formula is C23H26N2O4. The average Bonchev–Trinajstić information content (AvgIpc) is 2.69. The lowest BCUT2D eigenvalue weighted by Gasteiger charge is -2.26. The van der Waals surface area contributed by atoms with Crippen molar-refractivity contribution in [3.63, 3.8) is 0 Å². The second-order valence-corrected chi connectivity index (χ2v) is 6.89. The first-order chi connectivity index (χ1) is 14.1. The number of aliphatic carboxylic acids is 1. The second-order valence-electron chi connectivity index (χ2n) is 6.89. The number of carbonyl (C=O) groups is 2. The maximum Gasteiger partial charge on any atom is 0.307 e. The van der Waals surface area contributed by atoms with E-state index in [1.807, 2.05) is 60.7 Å². The number of rotatable bonds is 8. The van der Waals surface area contributed by atoms with E-state index in [4.69, 9.17) is 15.1 Å². The molecule has 0 spiro atoms. The van der Waals surface area contributed by atoms with Gasteiger partial charge in [0.15, 0.2) is 0 Å². The van der Waals surface area contributed by atoms with Crippen molar-refractivity contribution in [2.75, 3.05) is 6.54 Å².